The van der Waals surface area contributed by atoms with Crippen LogP contribution in [0.1, 0.15) is 16.1 Å². The van der Waals surface area contributed by atoms with E-state index in [1.54, 1.807) is 36.9 Å². The lowest BCUT2D eigenvalue weighted by molar-refractivity contribution is 0.0997. The van der Waals surface area contributed by atoms with Crippen LogP contribution in [-0.4, -0.2) is 25.4 Å². The van der Waals surface area contributed by atoms with Crippen molar-refractivity contribution in [2.24, 2.45) is 0 Å². The summed E-state index contributed by atoms with van der Waals surface area (Å²) in [6.07, 6.45) is 7.43. The second-order valence-electron chi connectivity index (χ2n) is 7.41. The first-order valence-corrected chi connectivity index (χ1v) is 10.3. The lowest BCUT2D eigenvalue weighted by Gasteiger charge is -2.09. The molecule has 5 rings (SSSR count). The lowest BCUT2D eigenvalue weighted by atomic mass is 10.1. The first kappa shape index (κ1) is 21.2. The zero-order valence-corrected chi connectivity index (χ0v) is 17.7. The summed E-state index contributed by atoms with van der Waals surface area (Å²) in [4.78, 5) is 24.9. The van der Waals surface area contributed by atoms with Gasteiger partial charge in [-0.3, -0.25) is 14.8 Å². The number of furan rings is 1. The topological polar surface area (TPSA) is 85.8 Å². The van der Waals surface area contributed by atoms with Crippen molar-refractivity contribution in [1.29, 1.82) is 0 Å². The molecule has 7 nitrogen and oxygen atoms in total. The lowest BCUT2D eigenvalue weighted by Crippen LogP contribution is -2.12. The monoisotopic (exact) mass is 457 g/mol. The predicted octanol–water partition coefficient (Wildman–Crippen LogP) is 5.18. The van der Waals surface area contributed by atoms with Crippen molar-refractivity contribution < 1.29 is 18.0 Å². The number of carbonyl (C=O) groups is 1. The highest BCUT2D eigenvalue weighted by Gasteiger charge is 2.21. The second-order valence-corrected chi connectivity index (χ2v) is 7.41. The van der Waals surface area contributed by atoms with Gasteiger partial charge in [0, 0.05) is 30.7 Å². The van der Waals surface area contributed by atoms with Crippen molar-refractivity contribution in [3.63, 3.8) is 0 Å². The number of aromatic nitrogens is 4. The first-order chi connectivity index (χ1) is 16.6. The molecular weight excluding hydrogens is 440 g/mol. The molecule has 9 heteroatoms. The molecule has 1 aromatic carbocycles. The highest BCUT2D eigenvalue weighted by Crippen LogP contribution is 2.33. The maximum Gasteiger partial charge on any atom is 0.291 e. The second kappa shape index (κ2) is 9.07. The van der Waals surface area contributed by atoms with Crippen LogP contribution in [0, 0.1) is 11.6 Å². The maximum atomic E-state index is 13.9. The van der Waals surface area contributed by atoms with Crippen molar-refractivity contribution in [3.05, 3.63) is 109 Å². The van der Waals surface area contributed by atoms with Crippen LogP contribution >= 0.6 is 0 Å². The third kappa shape index (κ3) is 4.31. The maximum absolute atomic E-state index is 13.9. The molecule has 168 valence electrons. The van der Waals surface area contributed by atoms with E-state index in [-0.39, 0.29) is 17.3 Å². The van der Waals surface area contributed by atoms with Gasteiger partial charge in [0.15, 0.2) is 17.3 Å². The van der Waals surface area contributed by atoms with E-state index in [0.29, 0.717) is 29.3 Å². The van der Waals surface area contributed by atoms with E-state index >= 15 is 0 Å². The van der Waals surface area contributed by atoms with Gasteiger partial charge in [-0.05, 0) is 60.2 Å². The number of carbonyl (C=O) groups excluding carboxylic acids is 1. The van der Waals surface area contributed by atoms with Gasteiger partial charge in [0.1, 0.15) is 11.5 Å². The van der Waals surface area contributed by atoms with Crippen LogP contribution in [0.15, 0.2) is 90.1 Å². The summed E-state index contributed by atoms with van der Waals surface area (Å²) in [6, 6.07) is 14.2. The zero-order chi connectivity index (χ0) is 23.5. The van der Waals surface area contributed by atoms with Crippen LogP contribution in [-0.2, 0) is 6.54 Å². The highest BCUT2D eigenvalue weighted by molar-refractivity contribution is 6.02. The Balaban J connectivity index is 1.52. The van der Waals surface area contributed by atoms with E-state index < -0.39 is 11.7 Å². The smallest absolute Gasteiger partial charge is 0.291 e. The van der Waals surface area contributed by atoms with Crippen LogP contribution in [0.25, 0.3) is 22.7 Å². The van der Waals surface area contributed by atoms with Crippen molar-refractivity contribution in [2.75, 3.05) is 5.32 Å². The fraction of sp³-hybridized carbons (Fsp3) is 0.0400. The van der Waals surface area contributed by atoms with Crippen LogP contribution < -0.4 is 5.32 Å². The molecule has 34 heavy (non-hydrogen) atoms. The van der Waals surface area contributed by atoms with Gasteiger partial charge in [0.05, 0.1) is 23.9 Å². The fourth-order valence-corrected chi connectivity index (χ4v) is 3.51. The number of nitrogens with zero attached hydrogens (tertiary/aromatic N) is 4. The largest absolute Gasteiger partial charge is 0.449 e. The number of amides is 1. The molecule has 0 spiro atoms. The molecule has 4 heterocycles. The van der Waals surface area contributed by atoms with Gasteiger partial charge in [-0.2, -0.15) is 0 Å². The van der Waals surface area contributed by atoms with Gasteiger partial charge in [-0.25, -0.2) is 13.8 Å². The summed E-state index contributed by atoms with van der Waals surface area (Å²) >= 11 is 0. The molecule has 0 saturated carbocycles. The van der Waals surface area contributed by atoms with E-state index in [9.17, 15) is 13.6 Å². The van der Waals surface area contributed by atoms with E-state index in [1.165, 1.54) is 30.5 Å². The number of nitrogens with one attached hydrogen (secondary N) is 1. The minimum Gasteiger partial charge on any atom is -0.449 e. The minimum atomic E-state index is -0.656. The van der Waals surface area contributed by atoms with Crippen LogP contribution in [0.2, 0.25) is 0 Å². The van der Waals surface area contributed by atoms with Gasteiger partial charge >= 0.3 is 0 Å². The van der Waals surface area contributed by atoms with Gasteiger partial charge in [-0.15, -0.1) is 0 Å². The molecule has 0 aliphatic rings. The number of pyridine rings is 2. The molecular formula is C25H17F2N5O2. The summed E-state index contributed by atoms with van der Waals surface area (Å²) in [7, 11) is 0. The Hall–Kier alpha value is -4.66. The molecule has 1 N–H and O–H groups in total. The Kier molecular flexibility index (Phi) is 5.65. The van der Waals surface area contributed by atoms with Gasteiger partial charge in [0.2, 0.25) is 0 Å². The first-order valence-electron chi connectivity index (χ1n) is 10.3. The number of rotatable bonds is 6. The van der Waals surface area contributed by atoms with Crippen LogP contribution in [0.5, 0.6) is 0 Å². The normalized spacial score (nSPS) is 10.9. The zero-order valence-electron chi connectivity index (χ0n) is 17.7. The Morgan fingerprint density at radius 2 is 1.71 bits per heavy atom. The van der Waals surface area contributed by atoms with Crippen molar-refractivity contribution in [3.8, 4) is 22.7 Å². The van der Waals surface area contributed by atoms with Crippen molar-refractivity contribution in [2.45, 2.75) is 6.54 Å². The summed E-state index contributed by atoms with van der Waals surface area (Å²) in [5.41, 5.74) is 2.84. The van der Waals surface area contributed by atoms with E-state index in [0.717, 1.165) is 11.8 Å². The number of hydrogen-bond donors (Lipinski definition) is 1. The van der Waals surface area contributed by atoms with Gasteiger partial charge in [0.25, 0.3) is 5.91 Å². The molecule has 1 amide bonds. The number of hydrogen-bond acceptors (Lipinski definition) is 5. The molecule has 4 aromatic heterocycles. The molecule has 0 radical (unpaired) electrons. The predicted molar refractivity (Wildman–Crippen MR) is 121 cm³/mol. The molecule has 0 aliphatic carbocycles. The Bertz CT molecular complexity index is 1450. The summed E-state index contributed by atoms with van der Waals surface area (Å²) in [6.45, 7) is 0.469. The Morgan fingerprint density at radius 3 is 2.47 bits per heavy atom. The minimum absolute atomic E-state index is 0.00655. The number of imidazole rings is 1. The Morgan fingerprint density at radius 1 is 0.941 bits per heavy atom. The van der Waals surface area contributed by atoms with E-state index in [4.69, 9.17) is 4.42 Å². The average molecular weight is 457 g/mol. The molecule has 0 unspecified atom stereocenters. The Labute approximate surface area is 192 Å². The molecule has 0 saturated heterocycles. The highest BCUT2D eigenvalue weighted by atomic mass is 19.1. The molecule has 0 fully saturated rings. The number of anilines is 1. The van der Waals surface area contributed by atoms with Gasteiger partial charge in [-0.1, -0.05) is 0 Å². The molecule has 0 bridgehead atoms. The van der Waals surface area contributed by atoms with Gasteiger partial charge < -0.3 is 14.3 Å². The average Bonchev–Trinajstić information content (AvgIpc) is 3.49. The van der Waals surface area contributed by atoms with Crippen LogP contribution in [0.3, 0.4) is 0 Å². The van der Waals surface area contributed by atoms with E-state index in [2.05, 4.69) is 20.3 Å². The molecule has 0 aliphatic heterocycles. The summed E-state index contributed by atoms with van der Waals surface area (Å²) in [5.74, 6) is -1.25. The number of benzene rings is 1. The third-order valence-corrected chi connectivity index (χ3v) is 5.14. The fourth-order valence-electron chi connectivity index (χ4n) is 3.51. The molecule has 0 atom stereocenters. The molecule has 5 aromatic rings. The SMILES string of the molecule is O=C(Nc1ccncc1F)c1ccc(-c2c(-c3ccc(F)cc3)ncn2Cc2ccncc2)o1. The number of halogens is 2. The van der Waals surface area contributed by atoms with Crippen molar-refractivity contribution >= 4 is 11.6 Å². The van der Waals surface area contributed by atoms with Crippen LogP contribution in [0.4, 0.5) is 14.5 Å². The quantitative estimate of drug-likeness (QED) is 0.380. The standard InChI is InChI=1S/C25H17F2N5O2/c26-18-3-1-17(2-4-18)23-24(32(15-30-23)14-16-7-10-28-11-8-16)21-5-6-22(34-21)25(33)31-20-9-12-29-13-19(20)27/h1-13,15H,14H2,(H,29,31,33). The summed E-state index contributed by atoms with van der Waals surface area (Å²) in [5, 5.41) is 2.47. The third-order valence-electron chi connectivity index (χ3n) is 5.14. The van der Waals surface area contributed by atoms with E-state index in [1.807, 2.05) is 16.7 Å². The van der Waals surface area contributed by atoms with Crippen molar-refractivity contribution in [1.82, 2.24) is 19.5 Å². The summed E-state index contributed by atoms with van der Waals surface area (Å²) < 4.78 is 35.1.